The molecule has 9 nitrogen and oxygen atoms in total. The third-order valence-corrected chi connectivity index (χ3v) is 15.1. The fourth-order valence-corrected chi connectivity index (χ4v) is 9.53. The van der Waals surface area contributed by atoms with Crippen molar-refractivity contribution < 1.29 is 42.1 Å². The molecule has 0 heterocycles. The van der Waals surface area contributed by atoms with E-state index in [9.17, 15) is 19.0 Å². The summed E-state index contributed by atoms with van der Waals surface area (Å²) in [5, 5.41) is 0. The molecule has 0 aliphatic rings. The number of carbonyl (C=O) groups is 2. The van der Waals surface area contributed by atoms with E-state index in [2.05, 4.69) is 208 Å². The molecule has 0 aromatic heterocycles. The van der Waals surface area contributed by atoms with Crippen LogP contribution >= 0.6 is 7.82 Å². The molecule has 0 amide bonds. The highest BCUT2D eigenvalue weighted by Gasteiger charge is 2.22. The standard InChI is InChI=1S/C80H128NO8P/c1-6-8-10-12-14-16-18-20-22-24-26-28-30-32-34-35-36-37-38-39-40-41-42-43-44-45-47-49-51-53-55-57-59-61-63-65-67-69-71-73-80(83)89-78(77-88-90(84,85)87-75-74-81(3,4)5)76-86-79(82)72-70-68-66-64-62-60-58-56-54-52-50-48-46-33-31-29-27-25-23-21-19-17-15-13-11-9-7-2/h8-11,14-17,20-23,26-29,32-34,36-37,39-40,42-43,45-47,51,53,57,59,78H,6-7,12-13,18-19,24-25,30-31,35,38,41,44,48-50,52,54-56,58,60-77H2,1-5H3/b10-8-,11-9-,16-14-,17-15-,22-20-,23-21-,28-26-,29-27-,34-32-,37-36-,40-39-,43-42-,46-33-,47-45-,53-51-,59-57-. The van der Waals surface area contributed by atoms with Crippen molar-refractivity contribution >= 4 is 19.8 Å². The summed E-state index contributed by atoms with van der Waals surface area (Å²) >= 11 is 0. The number of hydrogen-bond donors (Lipinski definition) is 0. The van der Waals surface area contributed by atoms with Crippen LogP contribution in [-0.4, -0.2) is 70.0 Å². The van der Waals surface area contributed by atoms with Crippen LogP contribution < -0.4 is 4.89 Å². The maximum atomic E-state index is 12.9. The van der Waals surface area contributed by atoms with Gasteiger partial charge >= 0.3 is 11.9 Å². The number of rotatable bonds is 62. The predicted octanol–water partition coefficient (Wildman–Crippen LogP) is 22.6. The van der Waals surface area contributed by atoms with Gasteiger partial charge in [-0.15, -0.1) is 0 Å². The summed E-state index contributed by atoms with van der Waals surface area (Å²) in [6, 6.07) is 0. The van der Waals surface area contributed by atoms with Gasteiger partial charge in [0.25, 0.3) is 7.82 Å². The highest BCUT2D eigenvalue weighted by molar-refractivity contribution is 7.45. The molecule has 0 spiro atoms. The van der Waals surface area contributed by atoms with Gasteiger partial charge in [0.1, 0.15) is 19.8 Å². The minimum absolute atomic E-state index is 0.0460. The molecule has 2 unspecified atom stereocenters. The first-order valence-electron chi connectivity index (χ1n) is 35.1. The van der Waals surface area contributed by atoms with Crippen molar-refractivity contribution in [3.63, 3.8) is 0 Å². The zero-order chi connectivity index (χ0) is 65.5. The van der Waals surface area contributed by atoms with E-state index in [-0.39, 0.29) is 26.1 Å². The summed E-state index contributed by atoms with van der Waals surface area (Å²) in [4.78, 5) is 38.1. The van der Waals surface area contributed by atoms with Crippen LogP contribution in [0.2, 0.25) is 0 Å². The first-order valence-corrected chi connectivity index (χ1v) is 36.6. The van der Waals surface area contributed by atoms with Gasteiger partial charge in [-0.1, -0.05) is 285 Å². The van der Waals surface area contributed by atoms with Crippen LogP contribution in [0.3, 0.4) is 0 Å². The lowest BCUT2D eigenvalue weighted by Crippen LogP contribution is -2.37. The second-order valence-corrected chi connectivity index (χ2v) is 25.2. The average Bonchev–Trinajstić information content (AvgIpc) is 3.58. The first-order chi connectivity index (χ1) is 44.0. The highest BCUT2D eigenvalue weighted by atomic mass is 31.2. The van der Waals surface area contributed by atoms with E-state index < -0.39 is 32.5 Å². The fourth-order valence-electron chi connectivity index (χ4n) is 8.80. The molecule has 0 fully saturated rings. The van der Waals surface area contributed by atoms with Crippen LogP contribution in [0.15, 0.2) is 194 Å². The third-order valence-electron chi connectivity index (χ3n) is 14.1. The topological polar surface area (TPSA) is 111 Å². The number of ether oxygens (including phenoxy) is 2. The van der Waals surface area contributed by atoms with Gasteiger partial charge < -0.3 is 27.9 Å². The van der Waals surface area contributed by atoms with Crippen molar-refractivity contribution in [1.82, 2.24) is 0 Å². The van der Waals surface area contributed by atoms with E-state index in [1.54, 1.807) is 0 Å². The Morgan fingerprint density at radius 2 is 0.600 bits per heavy atom. The molecule has 0 aromatic rings. The van der Waals surface area contributed by atoms with Gasteiger partial charge in [-0.25, -0.2) is 0 Å². The van der Waals surface area contributed by atoms with Gasteiger partial charge in [-0.2, -0.15) is 0 Å². The smallest absolute Gasteiger partial charge is 0.306 e. The summed E-state index contributed by atoms with van der Waals surface area (Å²) in [6.07, 6.45) is 106. The normalized spacial score (nSPS) is 14.3. The van der Waals surface area contributed by atoms with E-state index in [4.69, 9.17) is 18.5 Å². The van der Waals surface area contributed by atoms with E-state index in [1.807, 2.05) is 21.1 Å². The van der Waals surface area contributed by atoms with Crippen LogP contribution in [0.5, 0.6) is 0 Å². The minimum Gasteiger partial charge on any atom is -0.756 e. The summed E-state index contributed by atoms with van der Waals surface area (Å²) < 4.78 is 34.3. The van der Waals surface area contributed by atoms with Gasteiger partial charge in [0.15, 0.2) is 6.10 Å². The van der Waals surface area contributed by atoms with Crippen molar-refractivity contribution in [2.45, 2.75) is 251 Å². The van der Waals surface area contributed by atoms with E-state index in [0.717, 1.165) is 161 Å². The quantitative estimate of drug-likeness (QED) is 0.0195. The van der Waals surface area contributed by atoms with E-state index in [1.165, 1.54) is 44.9 Å². The van der Waals surface area contributed by atoms with Crippen molar-refractivity contribution in [1.29, 1.82) is 0 Å². The largest absolute Gasteiger partial charge is 0.756 e. The molecule has 0 aromatic carbocycles. The Hall–Kier alpha value is -5.15. The lowest BCUT2D eigenvalue weighted by Gasteiger charge is -2.28. The first kappa shape index (κ1) is 84.8. The van der Waals surface area contributed by atoms with Crippen molar-refractivity contribution in [2.24, 2.45) is 0 Å². The van der Waals surface area contributed by atoms with E-state index in [0.29, 0.717) is 23.9 Å². The Balaban J connectivity index is 4.19. The molecule has 0 saturated heterocycles. The zero-order valence-corrected chi connectivity index (χ0v) is 58.4. The van der Waals surface area contributed by atoms with Crippen LogP contribution in [0, 0.1) is 0 Å². The number of phosphoric ester groups is 1. The van der Waals surface area contributed by atoms with Gasteiger partial charge in [0, 0.05) is 12.8 Å². The minimum atomic E-state index is -4.66. The summed E-state index contributed by atoms with van der Waals surface area (Å²) in [7, 11) is 1.12. The van der Waals surface area contributed by atoms with Crippen molar-refractivity contribution in [3.05, 3.63) is 194 Å². The molecular weight excluding hydrogens is 1130 g/mol. The number of likely N-dealkylation sites (N-methyl/N-ethyl adjacent to an activating group) is 1. The molecule has 0 bridgehead atoms. The SMILES string of the molecule is CC/C=C\C/C=C\C/C=C\C/C=C\C/C=C\C/C=C\C/C=C\C/C=C\C/C=C\C/C=C\C/C=C\CCCCCCCC(=O)OC(COC(=O)CCCCCCCCCCCCC/C=C\C/C=C\C/C=C\C/C=C\C/C=C\CC)COP(=O)([O-])OCC[N+](C)(C)C. The molecule has 0 radical (unpaired) electrons. The molecule has 0 rings (SSSR count). The molecule has 0 aliphatic carbocycles. The number of quaternary nitrogens is 1. The number of phosphoric acid groups is 1. The van der Waals surface area contributed by atoms with Crippen molar-refractivity contribution in [2.75, 3.05) is 47.5 Å². The summed E-state index contributed by atoms with van der Waals surface area (Å²) in [5.74, 6) is -0.872. The number of esters is 2. The molecule has 0 N–H and O–H groups in total. The monoisotopic (exact) mass is 1260 g/mol. The number of hydrogen-bond acceptors (Lipinski definition) is 8. The second-order valence-electron chi connectivity index (χ2n) is 23.8. The molecule has 10 heteroatoms. The van der Waals surface area contributed by atoms with E-state index >= 15 is 0 Å². The van der Waals surface area contributed by atoms with Gasteiger partial charge in [0.2, 0.25) is 0 Å². The molecule has 90 heavy (non-hydrogen) atoms. The maximum Gasteiger partial charge on any atom is 0.306 e. The summed E-state index contributed by atoms with van der Waals surface area (Å²) in [5.41, 5.74) is 0. The van der Waals surface area contributed by atoms with Gasteiger partial charge in [-0.05, 0) is 141 Å². The Labute approximate surface area is 552 Å². The molecule has 506 valence electrons. The Morgan fingerprint density at radius 1 is 0.344 bits per heavy atom. The van der Waals surface area contributed by atoms with Gasteiger partial charge in [0.05, 0.1) is 27.7 Å². The zero-order valence-electron chi connectivity index (χ0n) is 57.5. The maximum absolute atomic E-state index is 12.9. The van der Waals surface area contributed by atoms with Crippen molar-refractivity contribution in [3.8, 4) is 0 Å². The Kier molecular flexibility index (Phi) is 64.3. The fraction of sp³-hybridized carbons (Fsp3) is 0.575. The summed E-state index contributed by atoms with van der Waals surface area (Å²) in [6.45, 7) is 3.97. The lowest BCUT2D eigenvalue weighted by molar-refractivity contribution is -0.870. The number of allylic oxidation sites excluding steroid dienone is 32. The number of carbonyl (C=O) groups excluding carboxylic acids is 2. The third kappa shape index (κ3) is 71.9. The highest BCUT2D eigenvalue weighted by Crippen LogP contribution is 2.38. The Morgan fingerprint density at radius 3 is 0.889 bits per heavy atom. The lowest BCUT2D eigenvalue weighted by atomic mass is 10.0. The molecule has 0 aliphatic heterocycles. The number of unbranched alkanes of at least 4 members (excludes halogenated alkanes) is 16. The Bertz CT molecular complexity index is 2220. The molecule has 2 atom stereocenters. The van der Waals surface area contributed by atoms with Crippen LogP contribution in [0.1, 0.15) is 245 Å². The van der Waals surface area contributed by atoms with Crippen LogP contribution in [-0.2, 0) is 32.7 Å². The predicted molar refractivity (Wildman–Crippen MR) is 387 cm³/mol. The second kappa shape index (κ2) is 68.2. The van der Waals surface area contributed by atoms with Crippen LogP contribution in [0.4, 0.5) is 0 Å². The van der Waals surface area contributed by atoms with Gasteiger partial charge in [-0.3, -0.25) is 14.2 Å². The average molecular weight is 1260 g/mol. The number of nitrogens with zero attached hydrogens (tertiary/aromatic N) is 1. The molecular formula is C80H128NO8P. The molecule has 0 saturated carbocycles. The van der Waals surface area contributed by atoms with Crippen LogP contribution in [0.25, 0.3) is 0 Å².